The summed E-state index contributed by atoms with van der Waals surface area (Å²) >= 11 is 0. The van der Waals surface area contributed by atoms with E-state index in [0.29, 0.717) is 12.8 Å². The van der Waals surface area contributed by atoms with E-state index < -0.39 is 28.0 Å². The maximum atomic E-state index is 12.4. The average Bonchev–Trinajstić information content (AvgIpc) is 2.90. The van der Waals surface area contributed by atoms with Gasteiger partial charge in [-0.25, -0.2) is 0 Å². The molecule has 0 radical (unpaired) electrons. The number of rotatable bonds is 29. The normalized spacial score (nSPS) is 13.8. The molecule has 7 heteroatoms. The first kappa shape index (κ1) is 38.8. The SMILES string of the molecule is CCCCC/C=C\C/C=C\CCCCCCCC(=O)NC(CS(=O)(=O)O)C(O)CCCCCCCCCCCC. The van der Waals surface area contributed by atoms with Crippen LogP contribution in [0.5, 0.6) is 0 Å². The number of nitrogens with one attached hydrogen (secondary N) is 1. The number of unbranched alkanes of at least 4 members (excludes halogenated alkanes) is 17. The molecule has 2 unspecified atom stereocenters. The highest BCUT2D eigenvalue weighted by atomic mass is 32.2. The number of carbonyl (C=O) groups excluding carboxylic acids is 1. The molecule has 0 fully saturated rings. The van der Waals surface area contributed by atoms with E-state index in [2.05, 4.69) is 43.5 Å². The van der Waals surface area contributed by atoms with Crippen LogP contribution in [0.1, 0.15) is 162 Å². The molecule has 236 valence electrons. The maximum absolute atomic E-state index is 12.4. The maximum Gasteiger partial charge on any atom is 0.266 e. The predicted octanol–water partition coefficient (Wildman–Crippen LogP) is 8.84. The van der Waals surface area contributed by atoms with Gasteiger partial charge in [0, 0.05) is 6.42 Å². The van der Waals surface area contributed by atoms with Gasteiger partial charge in [0.25, 0.3) is 10.1 Å². The Morgan fingerprint density at radius 2 is 1.12 bits per heavy atom. The van der Waals surface area contributed by atoms with Crippen molar-refractivity contribution in [2.75, 3.05) is 5.75 Å². The second kappa shape index (κ2) is 28.0. The largest absolute Gasteiger partial charge is 0.391 e. The standard InChI is InChI=1S/C33H63NO5S/c1-3-5-7-9-11-13-15-16-17-18-19-21-23-25-27-29-33(36)34-31(30-40(37,38)39)32(35)28-26-24-22-20-14-12-10-8-6-4-2/h11,13,16-17,31-32,35H,3-10,12,14-15,18-30H2,1-2H3,(H,34,36)(H,37,38,39)/b13-11-,17-16-. The minimum Gasteiger partial charge on any atom is -0.391 e. The molecule has 0 aromatic carbocycles. The Balaban J connectivity index is 4.00. The summed E-state index contributed by atoms with van der Waals surface area (Å²) in [6.45, 7) is 4.45. The number of hydrogen-bond acceptors (Lipinski definition) is 4. The smallest absolute Gasteiger partial charge is 0.266 e. The minimum absolute atomic E-state index is 0.263. The predicted molar refractivity (Wildman–Crippen MR) is 170 cm³/mol. The fourth-order valence-corrected chi connectivity index (χ4v) is 5.65. The van der Waals surface area contributed by atoms with Crippen molar-refractivity contribution in [1.82, 2.24) is 5.32 Å². The van der Waals surface area contributed by atoms with Crippen LogP contribution >= 0.6 is 0 Å². The van der Waals surface area contributed by atoms with Crippen molar-refractivity contribution in [3.63, 3.8) is 0 Å². The average molecular weight is 586 g/mol. The summed E-state index contributed by atoms with van der Waals surface area (Å²) in [7, 11) is -4.30. The summed E-state index contributed by atoms with van der Waals surface area (Å²) in [4.78, 5) is 12.4. The number of aliphatic hydroxyl groups is 1. The van der Waals surface area contributed by atoms with Gasteiger partial charge in [0.2, 0.25) is 5.91 Å². The number of amides is 1. The molecule has 6 nitrogen and oxygen atoms in total. The molecule has 0 rings (SSSR count). The first-order valence-electron chi connectivity index (χ1n) is 16.5. The van der Waals surface area contributed by atoms with Gasteiger partial charge in [0.15, 0.2) is 0 Å². The van der Waals surface area contributed by atoms with Crippen molar-refractivity contribution >= 4 is 16.0 Å². The number of hydrogen-bond donors (Lipinski definition) is 3. The summed E-state index contributed by atoms with van der Waals surface area (Å²) in [6, 6.07) is -0.973. The molecule has 0 bridgehead atoms. The Morgan fingerprint density at radius 3 is 1.68 bits per heavy atom. The summed E-state index contributed by atoms with van der Waals surface area (Å²) < 4.78 is 32.2. The van der Waals surface area contributed by atoms with Gasteiger partial charge in [-0.3, -0.25) is 9.35 Å². The lowest BCUT2D eigenvalue weighted by Gasteiger charge is -2.23. The van der Waals surface area contributed by atoms with E-state index in [1.54, 1.807) is 0 Å². The monoisotopic (exact) mass is 585 g/mol. The summed E-state index contributed by atoms with van der Waals surface area (Å²) in [5.41, 5.74) is 0. The molecule has 0 aromatic rings. The van der Waals surface area contributed by atoms with Crippen molar-refractivity contribution in [2.24, 2.45) is 0 Å². The van der Waals surface area contributed by atoms with Crippen LogP contribution < -0.4 is 5.32 Å². The summed E-state index contributed by atoms with van der Waals surface area (Å²) in [5.74, 6) is -0.915. The van der Waals surface area contributed by atoms with Crippen molar-refractivity contribution in [2.45, 2.75) is 174 Å². The first-order valence-corrected chi connectivity index (χ1v) is 18.1. The quantitative estimate of drug-likeness (QED) is 0.0462. The van der Waals surface area contributed by atoms with Crippen molar-refractivity contribution in [3.8, 4) is 0 Å². The molecule has 0 saturated carbocycles. The second-order valence-corrected chi connectivity index (χ2v) is 12.9. The minimum atomic E-state index is -4.30. The molecule has 0 aliphatic heterocycles. The Labute approximate surface area is 247 Å². The van der Waals surface area contributed by atoms with Gasteiger partial charge in [-0.1, -0.05) is 134 Å². The molecule has 0 heterocycles. The third kappa shape index (κ3) is 28.4. The second-order valence-electron chi connectivity index (χ2n) is 11.4. The van der Waals surface area contributed by atoms with Gasteiger partial charge in [0.05, 0.1) is 17.9 Å². The molecule has 3 N–H and O–H groups in total. The Morgan fingerprint density at radius 1 is 0.675 bits per heavy atom. The molecule has 0 saturated heterocycles. The molecule has 0 spiro atoms. The van der Waals surface area contributed by atoms with Gasteiger partial charge >= 0.3 is 0 Å². The van der Waals surface area contributed by atoms with Crippen LogP contribution in [0.4, 0.5) is 0 Å². The van der Waals surface area contributed by atoms with Crippen LogP contribution in [0, 0.1) is 0 Å². The molecule has 1 amide bonds. The highest BCUT2D eigenvalue weighted by Crippen LogP contribution is 2.14. The van der Waals surface area contributed by atoms with Gasteiger partial charge in [-0.15, -0.1) is 0 Å². The molecule has 40 heavy (non-hydrogen) atoms. The zero-order chi connectivity index (χ0) is 29.7. The third-order valence-electron chi connectivity index (χ3n) is 7.41. The first-order chi connectivity index (χ1) is 19.3. The van der Waals surface area contributed by atoms with Crippen LogP contribution in [0.3, 0.4) is 0 Å². The fraction of sp³-hybridized carbons (Fsp3) is 0.848. The lowest BCUT2D eigenvalue weighted by Crippen LogP contribution is -2.47. The van der Waals surface area contributed by atoms with Gasteiger partial charge in [0.1, 0.15) is 0 Å². The summed E-state index contributed by atoms with van der Waals surface area (Å²) in [5, 5.41) is 13.2. The Kier molecular flexibility index (Phi) is 27.1. The zero-order valence-corrected chi connectivity index (χ0v) is 26.8. The van der Waals surface area contributed by atoms with E-state index in [1.165, 1.54) is 70.6 Å². The molecular formula is C33H63NO5S. The van der Waals surface area contributed by atoms with E-state index in [0.717, 1.165) is 64.2 Å². The highest BCUT2D eigenvalue weighted by molar-refractivity contribution is 7.85. The Bertz CT molecular complexity index is 735. The van der Waals surface area contributed by atoms with E-state index in [1.807, 2.05) is 0 Å². The molecule has 2 atom stereocenters. The molecule has 0 aliphatic carbocycles. The number of carbonyl (C=O) groups is 1. The fourth-order valence-electron chi connectivity index (χ4n) is 4.89. The van der Waals surface area contributed by atoms with Crippen LogP contribution in [0.25, 0.3) is 0 Å². The van der Waals surface area contributed by atoms with Crippen LogP contribution in [0.15, 0.2) is 24.3 Å². The van der Waals surface area contributed by atoms with Crippen molar-refractivity contribution in [1.29, 1.82) is 0 Å². The lowest BCUT2D eigenvalue weighted by atomic mass is 10.0. The molecular weight excluding hydrogens is 522 g/mol. The van der Waals surface area contributed by atoms with Crippen LogP contribution in [0.2, 0.25) is 0 Å². The summed E-state index contributed by atoms with van der Waals surface area (Å²) in [6.07, 6.45) is 32.6. The van der Waals surface area contributed by atoms with Crippen molar-refractivity contribution in [3.05, 3.63) is 24.3 Å². The molecule has 0 aliphatic rings. The lowest BCUT2D eigenvalue weighted by molar-refractivity contribution is -0.122. The van der Waals surface area contributed by atoms with E-state index in [-0.39, 0.29) is 5.91 Å². The Hall–Kier alpha value is -1.18. The van der Waals surface area contributed by atoms with E-state index in [9.17, 15) is 22.9 Å². The topological polar surface area (TPSA) is 104 Å². The van der Waals surface area contributed by atoms with Crippen molar-refractivity contribution < 1.29 is 22.9 Å². The van der Waals surface area contributed by atoms with Gasteiger partial charge in [-0.2, -0.15) is 8.42 Å². The van der Waals surface area contributed by atoms with Crippen LogP contribution in [-0.4, -0.2) is 41.9 Å². The third-order valence-corrected chi connectivity index (χ3v) is 8.19. The highest BCUT2D eigenvalue weighted by Gasteiger charge is 2.26. The van der Waals surface area contributed by atoms with E-state index in [4.69, 9.17) is 0 Å². The van der Waals surface area contributed by atoms with Gasteiger partial charge < -0.3 is 10.4 Å². The number of aliphatic hydroxyl groups excluding tert-OH is 1. The number of allylic oxidation sites excluding steroid dienone is 4. The zero-order valence-electron chi connectivity index (χ0n) is 26.0. The van der Waals surface area contributed by atoms with E-state index >= 15 is 0 Å². The molecule has 0 aromatic heterocycles. The van der Waals surface area contributed by atoms with Gasteiger partial charge in [-0.05, 0) is 44.9 Å². The van der Waals surface area contributed by atoms with Crippen LogP contribution in [-0.2, 0) is 14.9 Å².